The van der Waals surface area contributed by atoms with Crippen molar-refractivity contribution in [3.05, 3.63) is 34.3 Å². The summed E-state index contributed by atoms with van der Waals surface area (Å²) in [6.07, 6.45) is 2.61. The SMILES string of the molecule is COc1ccc(/C=C\C(=O)O)c(Br)c1. The van der Waals surface area contributed by atoms with Crippen LogP contribution in [-0.2, 0) is 4.79 Å². The third-order valence-electron chi connectivity index (χ3n) is 1.61. The second-order valence-electron chi connectivity index (χ2n) is 2.56. The van der Waals surface area contributed by atoms with Crippen LogP contribution in [0.15, 0.2) is 28.7 Å². The maximum Gasteiger partial charge on any atom is 0.328 e. The van der Waals surface area contributed by atoms with Gasteiger partial charge < -0.3 is 9.84 Å². The molecule has 0 radical (unpaired) electrons. The van der Waals surface area contributed by atoms with E-state index < -0.39 is 5.97 Å². The Balaban J connectivity index is 2.94. The Kier molecular flexibility index (Phi) is 3.71. The summed E-state index contributed by atoms with van der Waals surface area (Å²) >= 11 is 3.31. The quantitative estimate of drug-likeness (QED) is 0.846. The molecule has 0 spiro atoms. The highest BCUT2D eigenvalue weighted by molar-refractivity contribution is 9.10. The third kappa shape index (κ3) is 2.88. The van der Waals surface area contributed by atoms with E-state index in [-0.39, 0.29) is 0 Å². The average Bonchev–Trinajstić information content (AvgIpc) is 2.15. The molecule has 1 rings (SSSR count). The van der Waals surface area contributed by atoms with E-state index in [4.69, 9.17) is 9.84 Å². The second-order valence-corrected chi connectivity index (χ2v) is 3.41. The van der Waals surface area contributed by atoms with Gasteiger partial charge in [-0.25, -0.2) is 4.79 Å². The molecule has 1 aromatic carbocycles. The van der Waals surface area contributed by atoms with Gasteiger partial charge in [0.15, 0.2) is 0 Å². The van der Waals surface area contributed by atoms with Crippen molar-refractivity contribution in [3.63, 3.8) is 0 Å². The standard InChI is InChI=1S/C10H9BrO3/c1-14-8-4-2-7(9(11)6-8)3-5-10(12)13/h2-6H,1H3,(H,12,13)/b5-3-. The van der Waals surface area contributed by atoms with E-state index in [0.717, 1.165) is 21.9 Å². The van der Waals surface area contributed by atoms with Gasteiger partial charge in [-0.1, -0.05) is 22.0 Å². The molecule has 0 heterocycles. The molecule has 0 saturated heterocycles. The Morgan fingerprint density at radius 3 is 2.79 bits per heavy atom. The fourth-order valence-corrected chi connectivity index (χ4v) is 1.42. The third-order valence-corrected chi connectivity index (χ3v) is 2.30. The van der Waals surface area contributed by atoms with Crippen molar-refractivity contribution >= 4 is 28.0 Å². The molecule has 0 unspecified atom stereocenters. The summed E-state index contributed by atoms with van der Waals surface area (Å²) in [5, 5.41) is 8.44. The van der Waals surface area contributed by atoms with Gasteiger partial charge in [0.1, 0.15) is 5.75 Å². The number of ether oxygens (including phenoxy) is 1. The molecule has 0 fully saturated rings. The van der Waals surface area contributed by atoms with Crippen LogP contribution in [0.2, 0.25) is 0 Å². The molecule has 4 heteroatoms. The van der Waals surface area contributed by atoms with Crippen LogP contribution in [0.5, 0.6) is 5.75 Å². The first-order chi connectivity index (χ1) is 6.63. The van der Waals surface area contributed by atoms with Crippen LogP contribution in [0.3, 0.4) is 0 Å². The van der Waals surface area contributed by atoms with Gasteiger partial charge in [0.2, 0.25) is 0 Å². The lowest BCUT2D eigenvalue weighted by Crippen LogP contribution is -1.87. The summed E-state index contributed by atoms with van der Waals surface area (Å²) in [6.45, 7) is 0. The van der Waals surface area contributed by atoms with Gasteiger partial charge in [-0.05, 0) is 23.8 Å². The summed E-state index contributed by atoms with van der Waals surface area (Å²) in [7, 11) is 1.58. The summed E-state index contributed by atoms with van der Waals surface area (Å²) in [5.41, 5.74) is 0.799. The van der Waals surface area contributed by atoms with E-state index >= 15 is 0 Å². The van der Waals surface area contributed by atoms with Crippen molar-refractivity contribution in [2.45, 2.75) is 0 Å². The van der Waals surface area contributed by atoms with E-state index in [2.05, 4.69) is 15.9 Å². The molecule has 0 atom stereocenters. The highest BCUT2D eigenvalue weighted by Gasteiger charge is 1.98. The Morgan fingerprint density at radius 1 is 1.57 bits per heavy atom. The van der Waals surface area contributed by atoms with Crippen LogP contribution >= 0.6 is 15.9 Å². The highest BCUT2D eigenvalue weighted by Crippen LogP contribution is 2.23. The average molecular weight is 257 g/mol. The van der Waals surface area contributed by atoms with E-state index in [1.54, 1.807) is 25.3 Å². The van der Waals surface area contributed by atoms with E-state index in [1.807, 2.05) is 0 Å². The van der Waals surface area contributed by atoms with Gasteiger partial charge in [-0.2, -0.15) is 0 Å². The number of carboxylic acid groups (broad SMARTS) is 1. The fraction of sp³-hybridized carbons (Fsp3) is 0.100. The molecule has 0 aromatic heterocycles. The Morgan fingerprint density at radius 2 is 2.29 bits per heavy atom. The number of hydrogen-bond donors (Lipinski definition) is 1. The minimum absolute atomic E-state index is 0.726. The lowest BCUT2D eigenvalue weighted by atomic mass is 10.2. The van der Waals surface area contributed by atoms with E-state index in [9.17, 15) is 4.79 Å². The molecule has 0 bridgehead atoms. The Bertz CT molecular complexity index is 372. The van der Waals surface area contributed by atoms with Crippen LogP contribution in [0.1, 0.15) is 5.56 Å². The zero-order chi connectivity index (χ0) is 10.6. The molecule has 0 amide bonds. The topological polar surface area (TPSA) is 46.5 Å². The van der Waals surface area contributed by atoms with Gasteiger partial charge in [-0.3, -0.25) is 0 Å². The molecule has 0 aliphatic rings. The summed E-state index contributed by atoms with van der Waals surface area (Å²) in [4.78, 5) is 10.3. The highest BCUT2D eigenvalue weighted by atomic mass is 79.9. The largest absolute Gasteiger partial charge is 0.497 e. The first-order valence-corrected chi connectivity index (χ1v) is 4.67. The fourth-order valence-electron chi connectivity index (χ4n) is 0.931. The van der Waals surface area contributed by atoms with Crippen LogP contribution < -0.4 is 4.74 Å². The molecule has 0 aliphatic heterocycles. The predicted molar refractivity (Wildman–Crippen MR) is 57.4 cm³/mol. The van der Waals surface area contributed by atoms with Crippen LogP contribution in [0.4, 0.5) is 0 Å². The van der Waals surface area contributed by atoms with Crippen LogP contribution in [0.25, 0.3) is 6.08 Å². The maximum atomic E-state index is 10.3. The number of aliphatic carboxylic acids is 1. The van der Waals surface area contributed by atoms with Gasteiger partial charge in [0, 0.05) is 10.5 Å². The molecule has 0 saturated carbocycles. The zero-order valence-electron chi connectivity index (χ0n) is 7.53. The number of benzene rings is 1. The predicted octanol–water partition coefficient (Wildman–Crippen LogP) is 2.56. The molecule has 1 aromatic rings. The molecule has 0 aliphatic carbocycles. The van der Waals surface area contributed by atoms with Crippen molar-refractivity contribution in [3.8, 4) is 5.75 Å². The first-order valence-electron chi connectivity index (χ1n) is 3.88. The van der Waals surface area contributed by atoms with Crippen molar-refractivity contribution in [1.82, 2.24) is 0 Å². The lowest BCUT2D eigenvalue weighted by Gasteiger charge is -2.02. The normalized spacial score (nSPS) is 10.4. The summed E-state index contributed by atoms with van der Waals surface area (Å²) in [6, 6.07) is 5.33. The minimum atomic E-state index is -0.965. The molecular weight excluding hydrogens is 248 g/mol. The Hall–Kier alpha value is -1.29. The van der Waals surface area contributed by atoms with Crippen LogP contribution in [-0.4, -0.2) is 18.2 Å². The number of rotatable bonds is 3. The van der Waals surface area contributed by atoms with E-state index in [0.29, 0.717) is 0 Å². The summed E-state index contributed by atoms with van der Waals surface area (Å²) in [5.74, 6) is -0.239. The Labute approximate surface area is 90.1 Å². The second kappa shape index (κ2) is 4.81. The number of carboxylic acids is 1. The van der Waals surface area contributed by atoms with E-state index in [1.165, 1.54) is 6.08 Å². The van der Waals surface area contributed by atoms with Crippen molar-refractivity contribution in [2.24, 2.45) is 0 Å². The van der Waals surface area contributed by atoms with Crippen molar-refractivity contribution in [1.29, 1.82) is 0 Å². The smallest absolute Gasteiger partial charge is 0.328 e. The molecule has 74 valence electrons. The zero-order valence-corrected chi connectivity index (χ0v) is 9.11. The van der Waals surface area contributed by atoms with Gasteiger partial charge in [-0.15, -0.1) is 0 Å². The lowest BCUT2D eigenvalue weighted by molar-refractivity contribution is -0.131. The number of hydrogen-bond acceptors (Lipinski definition) is 2. The molecule has 1 N–H and O–H groups in total. The maximum absolute atomic E-state index is 10.3. The van der Waals surface area contributed by atoms with Gasteiger partial charge in [0.25, 0.3) is 0 Å². The van der Waals surface area contributed by atoms with Crippen molar-refractivity contribution in [2.75, 3.05) is 7.11 Å². The summed E-state index contributed by atoms with van der Waals surface area (Å²) < 4.78 is 5.81. The monoisotopic (exact) mass is 256 g/mol. The molecular formula is C10H9BrO3. The van der Waals surface area contributed by atoms with Gasteiger partial charge >= 0.3 is 5.97 Å². The number of methoxy groups -OCH3 is 1. The first kappa shape index (κ1) is 10.8. The van der Waals surface area contributed by atoms with Gasteiger partial charge in [0.05, 0.1) is 7.11 Å². The minimum Gasteiger partial charge on any atom is -0.497 e. The van der Waals surface area contributed by atoms with Crippen LogP contribution in [0, 0.1) is 0 Å². The molecule has 14 heavy (non-hydrogen) atoms. The number of halogens is 1. The molecule has 3 nitrogen and oxygen atoms in total. The number of carbonyl (C=O) groups is 1. The van der Waals surface area contributed by atoms with Crippen molar-refractivity contribution < 1.29 is 14.6 Å².